The van der Waals surface area contributed by atoms with Gasteiger partial charge in [0.1, 0.15) is 19.3 Å². The molecule has 1 unspecified atom stereocenters. The van der Waals surface area contributed by atoms with E-state index in [9.17, 15) is 19.5 Å². The maximum Gasteiger partial charge on any atom is 0.338 e. The molecule has 1 atom stereocenters. The smallest absolute Gasteiger partial charge is 0.338 e. The Labute approximate surface area is 190 Å². The van der Waals surface area contributed by atoms with Crippen LogP contribution in [0.2, 0.25) is 0 Å². The van der Waals surface area contributed by atoms with E-state index < -0.39 is 23.9 Å². The lowest BCUT2D eigenvalue weighted by molar-refractivity contribution is -0.151. The minimum Gasteiger partial charge on any atom is -0.480 e. The molecule has 0 aliphatic rings. The van der Waals surface area contributed by atoms with E-state index >= 15 is 0 Å². The fraction of sp³-hybridized carbons (Fsp3) is 0.192. The summed E-state index contributed by atoms with van der Waals surface area (Å²) >= 11 is 0. The molecule has 4 aromatic rings. The van der Waals surface area contributed by atoms with Gasteiger partial charge < -0.3 is 19.1 Å². The molecule has 4 rings (SSSR count). The number of esters is 2. The van der Waals surface area contributed by atoms with Crippen molar-refractivity contribution in [2.75, 3.05) is 13.2 Å². The summed E-state index contributed by atoms with van der Waals surface area (Å²) in [5.41, 5.74) is 2.89. The van der Waals surface area contributed by atoms with Gasteiger partial charge in [0.2, 0.25) is 0 Å². The van der Waals surface area contributed by atoms with Crippen molar-refractivity contribution in [1.29, 1.82) is 0 Å². The Hall–Kier alpha value is -4.13. The first kappa shape index (κ1) is 22.1. The van der Waals surface area contributed by atoms with Gasteiger partial charge >= 0.3 is 17.9 Å². The first-order valence-electron chi connectivity index (χ1n) is 10.6. The molecule has 0 fully saturated rings. The van der Waals surface area contributed by atoms with Crippen LogP contribution in [0.5, 0.6) is 0 Å². The number of rotatable bonds is 8. The second kappa shape index (κ2) is 9.56. The standard InChI is InChI=1S/C26H23NO6/c1-17-10-12-18(13-11-17)26(31)33-15-14-32-24(28)16-23(25(29)30)27-21-8-4-2-6-19(21)20-7-3-5-9-22(20)27/h2-13,23H,14-16H2,1H3,(H,29,30). The number of hydrogen-bond donors (Lipinski definition) is 1. The lowest BCUT2D eigenvalue weighted by Crippen LogP contribution is -2.24. The maximum atomic E-state index is 12.4. The number of carboxylic acid groups (broad SMARTS) is 1. The molecular formula is C26H23NO6. The van der Waals surface area contributed by atoms with Crippen LogP contribution in [-0.4, -0.2) is 40.8 Å². The second-order valence-electron chi connectivity index (χ2n) is 7.68. The summed E-state index contributed by atoms with van der Waals surface area (Å²) in [4.78, 5) is 36.6. The number of aliphatic carboxylic acids is 1. The number of ether oxygens (including phenoxy) is 2. The lowest BCUT2D eigenvalue weighted by atomic mass is 10.1. The summed E-state index contributed by atoms with van der Waals surface area (Å²) in [6.07, 6.45) is -0.357. The zero-order valence-electron chi connectivity index (χ0n) is 18.1. The van der Waals surface area contributed by atoms with Crippen LogP contribution in [0.3, 0.4) is 0 Å². The highest BCUT2D eigenvalue weighted by Gasteiger charge is 2.27. The number of aryl methyl sites for hydroxylation is 1. The lowest BCUT2D eigenvalue weighted by Gasteiger charge is -2.17. The second-order valence-corrected chi connectivity index (χ2v) is 7.68. The third-order valence-corrected chi connectivity index (χ3v) is 5.44. The Morgan fingerprint density at radius 1 is 0.818 bits per heavy atom. The van der Waals surface area contributed by atoms with Crippen molar-refractivity contribution < 1.29 is 29.0 Å². The van der Waals surface area contributed by atoms with E-state index in [0.717, 1.165) is 27.4 Å². The van der Waals surface area contributed by atoms with Crippen molar-refractivity contribution in [3.63, 3.8) is 0 Å². The Bertz CT molecular complexity index is 1270. The molecule has 1 aromatic heterocycles. The fourth-order valence-corrected chi connectivity index (χ4v) is 3.86. The van der Waals surface area contributed by atoms with E-state index in [-0.39, 0.29) is 19.6 Å². The number of para-hydroxylation sites is 2. The number of hydrogen-bond acceptors (Lipinski definition) is 5. The first-order chi connectivity index (χ1) is 16.0. The van der Waals surface area contributed by atoms with Crippen LogP contribution in [0.25, 0.3) is 21.8 Å². The molecule has 0 amide bonds. The van der Waals surface area contributed by atoms with Gasteiger partial charge in [0, 0.05) is 21.8 Å². The molecule has 1 heterocycles. The minimum atomic E-state index is -1.14. The number of fused-ring (bicyclic) bond motifs is 3. The Balaban J connectivity index is 1.43. The molecule has 0 aliphatic heterocycles. The van der Waals surface area contributed by atoms with Gasteiger partial charge in [-0.3, -0.25) is 4.79 Å². The van der Waals surface area contributed by atoms with Crippen molar-refractivity contribution in [3.8, 4) is 0 Å². The molecule has 33 heavy (non-hydrogen) atoms. The van der Waals surface area contributed by atoms with E-state index in [1.54, 1.807) is 28.8 Å². The molecular weight excluding hydrogens is 422 g/mol. The van der Waals surface area contributed by atoms with E-state index in [1.807, 2.05) is 55.5 Å². The molecule has 0 aliphatic carbocycles. The highest BCUT2D eigenvalue weighted by molar-refractivity contribution is 6.09. The quantitative estimate of drug-likeness (QED) is 0.317. The Morgan fingerprint density at radius 2 is 1.36 bits per heavy atom. The van der Waals surface area contributed by atoms with E-state index in [2.05, 4.69) is 0 Å². The van der Waals surface area contributed by atoms with Gasteiger partial charge in [-0.15, -0.1) is 0 Å². The highest BCUT2D eigenvalue weighted by Crippen LogP contribution is 2.33. The van der Waals surface area contributed by atoms with Crippen LogP contribution >= 0.6 is 0 Å². The summed E-state index contributed by atoms with van der Waals surface area (Å²) in [5, 5.41) is 11.7. The number of nitrogens with zero attached hydrogens (tertiary/aromatic N) is 1. The van der Waals surface area contributed by atoms with Crippen molar-refractivity contribution >= 4 is 39.7 Å². The topological polar surface area (TPSA) is 94.8 Å². The fourth-order valence-electron chi connectivity index (χ4n) is 3.86. The predicted octanol–water partition coefficient (Wildman–Crippen LogP) is 4.52. The minimum absolute atomic E-state index is 0.119. The maximum absolute atomic E-state index is 12.4. The van der Waals surface area contributed by atoms with Gasteiger partial charge in [-0.1, -0.05) is 54.1 Å². The van der Waals surface area contributed by atoms with Crippen LogP contribution in [-0.2, 0) is 19.1 Å². The number of carbonyl (C=O) groups is 3. The van der Waals surface area contributed by atoms with Crippen LogP contribution in [0.1, 0.15) is 28.4 Å². The van der Waals surface area contributed by atoms with Gasteiger partial charge in [-0.05, 0) is 31.2 Å². The van der Waals surface area contributed by atoms with Gasteiger partial charge in [-0.25, -0.2) is 9.59 Å². The molecule has 0 spiro atoms. The Kier molecular flexibility index (Phi) is 6.40. The summed E-state index contributed by atoms with van der Waals surface area (Å²) in [6, 6.07) is 20.7. The third kappa shape index (κ3) is 4.72. The van der Waals surface area contributed by atoms with E-state index in [0.29, 0.717) is 5.56 Å². The molecule has 7 nitrogen and oxygen atoms in total. The molecule has 0 bridgehead atoms. The summed E-state index contributed by atoms with van der Waals surface area (Å²) < 4.78 is 11.9. The average Bonchev–Trinajstić information content (AvgIpc) is 3.15. The predicted molar refractivity (Wildman–Crippen MR) is 123 cm³/mol. The highest BCUT2D eigenvalue weighted by atomic mass is 16.6. The molecule has 0 saturated heterocycles. The van der Waals surface area contributed by atoms with Crippen molar-refractivity contribution in [2.24, 2.45) is 0 Å². The normalized spacial score (nSPS) is 11.9. The average molecular weight is 445 g/mol. The molecule has 168 valence electrons. The molecule has 1 N–H and O–H groups in total. The van der Waals surface area contributed by atoms with Crippen molar-refractivity contribution in [1.82, 2.24) is 4.57 Å². The van der Waals surface area contributed by atoms with Gasteiger partial charge in [0.25, 0.3) is 0 Å². The monoisotopic (exact) mass is 445 g/mol. The van der Waals surface area contributed by atoms with E-state index in [4.69, 9.17) is 9.47 Å². The number of carboxylic acids is 1. The third-order valence-electron chi connectivity index (χ3n) is 5.44. The summed E-state index contributed by atoms with van der Waals surface area (Å²) in [7, 11) is 0. The zero-order valence-corrected chi connectivity index (χ0v) is 18.1. The summed E-state index contributed by atoms with van der Waals surface area (Å²) in [6.45, 7) is 1.64. The number of carbonyl (C=O) groups excluding carboxylic acids is 2. The van der Waals surface area contributed by atoms with Gasteiger partial charge in [0.05, 0.1) is 12.0 Å². The van der Waals surface area contributed by atoms with Crippen LogP contribution in [0.4, 0.5) is 0 Å². The van der Waals surface area contributed by atoms with Gasteiger partial charge in [0.15, 0.2) is 0 Å². The molecule has 0 radical (unpaired) electrons. The number of benzene rings is 3. The van der Waals surface area contributed by atoms with Crippen LogP contribution in [0, 0.1) is 6.92 Å². The Morgan fingerprint density at radius 3 is 1.94 bits per heavy atom. The molecule has 3 aromatic carbocycles. The zero-order chi connectivity index (χ0) is 23.4. The van der Waals surface area contributed by atoms with Crippen LogP contribution in [0.15, 0.2) is 72.8 Å². The first-order valence-corrected chi connectivity index (χ1v) is 10.6. The van der Waals surface area contributed by atoms with Crippen LogP contribution < -0.4 is 0 Å². The SMILES string of the molecule is Cc1ccc(C(=O)OCCOC(=O)CC(C(=O)O)n2c3ccccc3c3ccccc32)cc1. The van der Waals surface area contributed by atoms with Gasteiger partial charge in [-0.2, -0.15) is 0 Å². The van der Waals surface area contributed by atoms with Crippen molar-refractivity contribution in [2.45, 2.75) is 19.4 Å². The number of aromatic nitrogens is 1. The summed E-state index contributed by atoms with van der Waals surface area (Å²) in [5.74, 6) is -2.33. The largest absolute Gasteiger partial charge is 0.480 e. The van der Waals surface area contributed by atoms with E-state index in [1.165, 1.54) is 0 Å². The van der Waals surface area contributed by atoms with Crippen molar-refractivity contribution in [3.05, 3.63) is 83.9 Å². The molecule has 0 saturated carbocycles. The molecule has 7 heteroatoms.